The smallest absolute Gasteiger partial charge is 0.317 e. The van der Waals surface area contributed by atoms with E-state index in [1.54, 1.807) is 30.5 Å². The number of nitrogens with zero attached hydrogens (tertiary/aromatic N) is 1. The SMILES string of the molecule is CNc1c(O)ccc([C@@H](O)CNCc2ccc(CC(=O)NCc3ccc(-c4cccc(C(C(=O)OCC5CCN(Cc6ccccc6)CC5)c5ccccc5)c4)s3)cc2)c1/C=C\C=O. The van der Waals surface area contributed by atoms with E-state index >= 15 is 0 Å². The van der Waals surface area contributed by atoms with Gasteiger partial charge in [-0.05, 0) is 107 Å². The molecule has 1 aromatic heterocycles. The average Bonchev–Trinajstić information content (AvgIpc) is 3.81. The number of hydrogen-bond acceptors (Lipinski definition) is 10. The van der Waals surface area contributed by atoms with E-state index in [4.69, 9.17) is 4.74 Å². The van der Waals surface area contributed by atoms with E-state index in [0.29, 0.717) is 48.7 Å². The van der Waals surface area contributed by atoms with Gasteiger partial charge in [-0.25, -0.2) is 0 Å². The Hall–Kier alpha value is -6.37. The monoisotopic (exact) mass is 876 g/mol. The molecule has 11 heteroatoms. The van der Waals surface area contributed by atoms with Crippen LogP contribution in [-0.4, -0.2) is 66.6 Å². The largest absolute Gasteiger partial charge is 0.506 e. The highest BCUT2D eigenvalue weighted by molar-refractivity contribution is 7.15. The first-order chi connectivity index (χ1) is 31.3. The molecule has 1 fully saturated rings. The highest BCUT2D eigenvalue weighted by Crippen LogP contribution is 2.35. The summed E-state index contributed by atoms with van der Waals surface area (Å²) in [5, 5.41) is 30.4. The molecule has 0 saturated carbocycles. The lowest BCUT2D eigenvalue weighted by atomic mass is 9.90. The van der Waals surface area contributed by atoms with E-state index < -0.39 is 12.0 Å². The van der Waals surface area contributed by atoms with E-state index in [2.05, 4.69) is 63.3 Å². The molecule has 64 heavy (non-hydrogen) atoms. The zero-order chi connectivity index (χ0) is 44.7. The maximum absolute atomic E-state index is 13.9. The standard InChI is InChI=1S/C53H56N4O6S/c1-54-52-46(16-9-29-58)45(22-23-47(52)59)48(60)34-55-32-38-19-17-37(18-20-38)30-50(61)56-33-44-21-24-49(64-44)42-14-8-15-43(31-42)51(41-12-6-3-7-13-41)53(62)63-36-40-25-27-57(28-26-40)35-39-10-4-2-5-11-39/h2-24,29,31,40,48,51,54-55,59-60H,25-28,30,32-36H2,1H3,(H,56,61)/b16-9-/t48-,51?/m0/s1. The predicted octanol–water partition coefficient (Wildman–Crippen LogP) is 8.64. The Labute approximate surface area is 379 Å². The molecule has 2 heterocycles. The minimum atomic E-state index is -0.885. The number of thiophene rings is 1. The van der Waals surface area contributed by atoms with Crippen molar-refractivity contribution in [2.45, 2.75) is 50.9 Å². The molecule has 5 aromatic carbocycles. The Morgan fingerprint density at radius 1 is 0.828 bits per heavy atom. The summed E-state index contributed by atoms with van der Waals surface area (Å²) in [4.78, 5) is 42.4. The summed E-state index contributed by atoms with van der Waals surface area (Å²) in [6, 6.07) is 43.5. The van der Waals surface area contributed by atoms with Gasteiger partial charge in [0, 0.05) is 42.0 Å². The van der Waals surface area contributed by atoms with Crippen molar-refractivity contribution in [3.8, 4) is 16.2 Å². The van der Waals surface area contributed by atoms with Gasteiger partial charge in [-0.15, -0.1) is 11.3 Å². The highest BCUT2D eigenvalue weighted by atomic mass is 32.1. The first-order valence-electron chi connectivity index (χ1n) is 21.8. The second-order valence-electron chi connectivity index (χ2n) is 16.2. The molecule has 0 spiro atoms. The number of amides is 1. The van der Waals surface area contributed by atoms with Crippen molar-refractivity contribution < 1.29 is 29.3 Å². The lowest BCUT2D eigenvalue weighted by molar-refractivity contribution is -0.146. The summed E-state index contributed by atoms with van der Waals surface area (Å²) in [6.45, 7) is 4.49. The minimum Gasteiger partial charge on any atom is -0.506 e. The molecule has 1 unspecified atom stereocenters. The molecule has 2 atom stereocenters. The number of phenols is 1. The molecule has 0 bridgehead atoms. The Morgan fingerprint density at radius 3 is 2.28 bits per heavy atom. The van der Waals surface area contributed by atoms with Crippen LogP contribution in [0.25, 0.3) is 16.5 Å². The van der Waals surface area contributed by atoms with Crippen molar-refractivity contribution in [2.75, 3.05) is 38.6 Å². The topological polar surface area (TPSA) is 140 Å². The zero-order valence-electron chi connectivity index (χ0n) is 36.1. The quantitative estimate of drug-likeness (QED) is 0.0221. The number of aldehydes is 1. The van der Waals surface area contributed by atoms with Crippen molar-refractivity contribution in [2.24, 2.45) is 5.92 Å². The minimum absolute atomic E-state index is 0.0237. The molecule has 7 rings (SSSR count). The van der Waals surface area contributed by atoms with E-state index in [9.17, 15) is 24.6 Å². The van der Waals surface area contributed by atoms with Crippen LogP contribution in [0.3, 0.4) is 0 Å². The van der Waals surface area contributed by atoms with Crippen molar-refractivity contribution in [1.82, 2.24) is 15.5 Å². The van der Waals surface area contributed by atoms with Crippen molar-refractivity contribution in [3.63, 3.8) is 0 Å². The first-order valence-corrected chi connectivity index (χ1v) is 22.6. The maximum atomic E-state index is 13.9. The van der Waals surface area contributed by atoms with Gasteiger partial charge >= 0.3 is 5.97 Å². The van der Waals surface area contributed by atoms with Gasteiger partial charge in [0.25, 0.3) is 0 Å². The number of piperidine rings is 1. The summed E-state index contributed by atoms with van der Waals surface area (Å²) in [5.74, 6) is -0.502. The van der Waals surface area contributed by atoms with Crippen LogP contribution >= 0.6 is 11.3 Å². The number of aliphatic hydroxyl groups is 1. The molecule has 10 nitrogen and oxygen atoms in total. The molecule has 0 radical (unpaired) electrons. The van der Waals surface area contributed by atoms with Crippen LogP contribution in [0.4, 0.5) is 5.69 Å². The van der Waals surface area contributed by atoms with Crippen LogP contribution in [-0.2, 0) is 45.2 Å². The van der Waals surface area contributed by atoms with Gasteiger partial charge in [-0.2, -0.15) is 0 Å². The van der Waals surface area contributed by atoms with Crippen LogP contribution in [0.1, 0.15) is 68.7 Å². The number of esters is 1. The number of rotatable bonds is 20. The molecule has 1 aliphatic rings. The molecular formula is C53H56N4O6S. The Kier molecular flexibility index (Phi) is 16.3. The number of ether oxygens (including phenoxy) is 1. The van der Waals surface area contributed by atoms with Crippen molar-refractivity contribution >= 4 is 41.3 Å². The number of nitrogens with one attached hydrogen (secondary N) is 3. The lowest BCUT2D eigenvalue weighted by Gasteiger charge is -2.32. The number of aromatic hydroxyl groups is 1. The van der Waals surface area contributed by atoms with E-state index in [1.807, 2.05) is 78.9 Å². The van der Waals surface area contributed by atoms with Crippen LogP contribution in [0, 0.1) is 5.92 Å². The van der Waals surface area contributed by atoms with E-state index in [1.165, 1.54) is 17.7 Å². The van der Waals surface area contributed by atoms with Crippen molar-refractivity contribution in [3.05, 3.63) is 183 Å². The third kappa shape index (κ3) is 12.4. The molecule has 6 aromatic rings. The van der Waals surface area contributed by atoms with Crippen molar-refractivity contribution in [1.29, 1.82) is 0 Å². The van der Waals surface area contributed by atoms with Gasteiger partial charge in [0.1, 0.15) is 18.0 Å². The number of benzene rings is 5. The summed E-state index contributed by atoms with van der Waals surface area (Å²) in [7, 11) is 1.66. The molecular weight excluding hydrogens is 821 g/mol. The van der Waals surface area contributed by atoms with E-state index in [-0.39, 0.29) is 30.6 Å². The van der Waals surface area contributed by atoms with Gasteiger partial charge in [0.2, 0.25) is 5.91 Å². The fraction of sp³-hybridized carbons (Fsp3) is 0.264. The van der Waals surface area contributed by atoms with E-state index in [0.717, 1.165) is 70.0 Å². The average molecular weight is 877 g/mol. The summed E-state index contributed by atoms with van der Waals surface area (Å²) < 4.78 is 6.09. The molecule has 1 aliphatic heterocycles. The predicted molar refractivity (Wildman–Crippen MR) is 255 cm³/mol. The number of aliphatic hydroxyl groups excluding tert-OH is 1. The van der Waals surface area contributed by atoms with Gasteiger partial charge in [-0.1, -0.05) is 109 Å². The molecule has 0 aliphatic carbocycles. The number of phenolic OH excluding ortho intramolecular Hbond substituents is 1. The number of allylic oxidation sites excluding steroid dienone is 1. The summed E-state index contributed by atoms with van der Waals surface area (Å²) in [5.41, 5.74) is 7.53. The summed E-state index contributed by atoms with van der Waals surface area (Å²) in [6.07, 6.45) is 4.89. The zero-order valence-corrected chi connectivity index (χ0v) is 36.9. The fourth-order valence-corrected chi connectivity index (χ4v) is 9.15. The summed E-state index contributed by atoms with van der Waals surface area (Å²) >= 11 is 1.61. The third-order valence-electron chi connectivity index (χ3n) is 11.7. The number of likely N-dealkylation sites (tertiary alicyclic amines) is 1. The second-order valence-corrected chi connectivity index (χ2v) is 17.4. The highest BCUT2D eigenvalue weighted by Gasteiger charge is 2.27. The molecule has 1 saturated heterocycles. The first kappa shape index (κ1) is 45.6. The Bertz CT molecular complexity index is 2480. The molecule has 5 N–H and O–H groups in total. The lowest BCUT2D eigenvalue weighted by Crippen LogP contribution is -2.35. The normalized spacial score (nSPS) is 14.2. The van der Waals surface area contributed by atoms with Gasteiger partial charge in [-0.3, -0.25) is 19.3 Å². The Balaban J connectivity index is 0.888. The number of carbonyl (C=O) groups is 3. The number of hydrogen-bond donors (Lipinski definition) is 5. The fourth-order valence-electron chi connectivity index (χ4n) is 8.21. The van der Waals surface area contributed by atoms with Gasteiger partial charge in [0.05, 0.1) is 31.4 Å². The Morgan fingerprint density at radius 2 is 1.55 bits per heavy atom. The van der Waals surface area contributed by atoms with Crippen LogP contribution < -0.4 is 16.0 Å². The number of carbonyl (C=O) groups excluding carboxylic acids is 3. The number of anilines is 1. The van der Waals surface area contributed by atoms with Gasteiger partial charge < -0.3 is 30.9 Å². The van der Waals surface area contributed by atoms with Crippen LogP contribution in [0.15, 0.2) is 140 Å². The third-order valence-corrected chi connectivity index (χ3v) is 12.8. The second kappa shape index (κ2) is 22.8. The molecule has 330 valence electrons. The molecule has 1 amide bonds. The van der Waals surface area contributed by atoms with Crippen LogP contribution in [0.5, 0.6) is 5.75 Å². The van der Waals surface area contributed by atoms with Gasteiger partial charge in [0.15, 0.2) is 0 Å². The van der Waals surface area contributed by atoms with Crippen LogP contribution in [0.2, 0.25) is 0 Å². The maximum Gasteiger partial charge on any atom is 0.317 e.